The van der Waals surface area contributed by atoms with Crippen molar-refractivity contribution in [1.29, 1.82) is 0 Å². The fourth-order valence-corrected chi connectivity index (χ4v) is 0.745. The molecule has 1 aromatic heterocycles. The van der Waals surface area contributed by atoms with Crippen LogP contribution in [0.4, 0.5) is 0 Å². The number of nitrogens with two attached hydrogens (primary N) is 1. The van der Waals surface area contributed by atoms with Crippen molar-refractivity contribution in [3.63, 3.8) is 0 Å². The largest absolute Gasteiger partial charge is 0.399 e. The fourth-order valence-electron chi connectivity index (χ4n) is 0.745. The van der Waals surface area contributed by atoms with Gasteiger partial charge in [-0.1, -0.05) is 19.2 Å². The molecule has 0 aliphatic carbocycles. The first-order chi connectivity index (χ1) is 5.24. The smallest absolute Gasteiger partial charge is 0.0361 e. The van der Waals surface area contributed by atoms with Crippen molar-refractivity contribution in [3.05, 3.63) is 42.7 Å². The summed E-state index contributed by atoms with van der Waals surface area (Å²) in [6, 6.07) is 1.89. The van der Waals surface area contributed by atoms with Gasteiger partial charge in [0.05, 0.1) is 0 Å². The number of nitrogens with zero attached hydrogens (tertiary/aromatic N) is 1. The molecule has 0 atom stereocenters. The highest BCUT2D eigenvalue weighted by Gasteiger charge is 1.93. The van der Waals surface area contributed by atoms with Crippen LogP contribution in [-0.4, -0.2) is 4.98 Å². The minimum Gasteiger partial charge on any atom is -0.399 e. The van der Waals surface area contributed by atoms with E-state index < -0.39 is 0 Å². The van der Waals surface area contributed by atoms with E-state index in [2.05, 4.69) is 18.1 Å². The van der Waals surface area contributed by atoms with Crippen molar-refractivity contribution in [1.82, 2.24) is 4.98 Å². The monoisotopic (exact) mass is 146 g/mol. The van der Waals surface area contributed by atoms with Gasteiger partial charge in [-0.05, 0) is 11.6 Å². The molecule has 2 heteroatoms. The number of pyridine rings is 1. The Kier molecular flexibility index (Phi) is 2.06. The van der Waals surface area contributed by atoms with Gasteiger partial charge in [0.25, 0.3) is 0 Å². The Morgan fingerprint density at radius 1 is 1.55 bits per heavy atom. The maximum absolute atomic E-state index is 5.47. The molecule has 1 rings (SSSR count). The molecule has 0 unspecified atom stereocenters. The molecule has 1 aromatic rings. The topological polar surface area (TPSA) is 38.9 Å². The zero-order valence-electron chi connectivity index (χ0n) is 6.25. The molecular weight excluding hydrogens is 136 g/mol. The summed E-state index contributed by atoms with van der Waals surface area (Å²) in [5.41, 5.74) is 7.80. The van der Waals surface area contributed by atoms with Gasteiger partial charge in [0.2, 0.25) is 0 Å². The first kappa shape index (κ1) is 7.54. The summed E-state index contributed by atoms with van der Waals surface area (Å²) >= 11 is 0. The molecule has 0 amide bonds. The molecule has 0 saturated carbocycles. The minimum atomic E-state index is 0.529. The molecule has 1 heterocycles. The summed E-state index contributed by atoms with van der Waals surface area (Å²) in [7, 11) is 0. The van der Waals surface area contributed by atoms with E-state index in [0.717, 1.165) is 11.1 Å². The van der Waals surface area contributed by atoms with Crippen LogP contribution in [0, 0.1) is 0 Å². The van der Waals surface area contributed by atoms with Gasteiger partial charge in [-0.15, -0.1) is 0 Å². The Morgan fingerprint density at radius 3 is 2.82 bits per heavy atom. The van der Waals surface area contributed by atoms with E-state index in [1.54, 1.807) is 18.5 Å². The van der Waals surface area contributed by atoms with Gasteiger partial charge in [0, 0.05) is 23.7 Å². The van der Waals surface area contributed by atoms with E-state index in [0.29, 0.717) is 5.70 Å². The Balaban J connectivity index is 3.10. The van der Waals surface area contributed by atoms with Crippen LogP contribution in [0.25, 0.3) is 11.8 Å². The lowest BCUT2D eigenvalue weighted by Crippen LogP contribution is -1.94. The molecule has 0 radical (unpaired) electrons. The molecule has 0 saturated heterocycles. The van der Waals surface area contributed by atoms with E-state index in [-0.39, 0.29) is 0 Å². The zero-order valence-corrected chi connectivity index (χ0v) is 6.25. The first-order valence-corrected chi connectivity index (χ1v) is 3.26. The zero-order chi connectivity index (χ0) is 8.27. The van der Waals surface area contributed by atoms with Crippen molar-refractivity contribution in [2.45, 2.75) is 0 Å². The Morgan fingerprint density at radius 2 is 2.27 bits per heavy atom. The lowest BCUT2D eigenvalue weighted by molar-refractivity contribution is 1.29. The van der Waals surface area contributed by atoms with E-state index in [9.17, 15) is 0 Å². The molecule has 2 nitrogen and oxygen atoms in total. The number of aromatic nitrogens is 1. The van der Waals surface area contributed by atoms with Gasteiger partial charge in [-0.2, -0.15) is 0 Å². The highest BCUT2D eigenvalue weighted by molar-refractivity contribution is 5.62. The molecule has 56 valence electrons. The van der Waals surface area contributed by atoms with E-state index in [1.807, 2.05) is 6.07 Å². The molecule has 0 aliphatic rings. The van der Waals surface area contributed by atoms with Crippen molar-refractivity contribution < 1.29 is 0 Å². The number of rotatable bonds is 2. The normalized spacial score (nSPS) is 9.09. The molecule has 11 heavy (non-hydrogen) atoms. The molecule has 2 N–H and O–H groups in total. The molecule has 0 bridgehead atoms. The molecule has 0 aliphatic heterocycles. The van der Waals surface area contributed by atoms with Crippen molar-refractivity contribution in [2.75, 3.05) is 0 Å². The Hall–Kier alpha value is -1.57. The molecule has 0 aromatic carbocycles. The van der Waals surface area contributed by atoms with E-state index in [1.165, 1.54) is 0 Å². The molecule has 0 spiro atoms. The standard InChI is InChI=1S/C9H10N2/c1-3-8-4-9(7(2)10)6-11-5-8/h3-6H,1-2,10H2. The van der Waals surface area contributed by atoms with Gasteiger partial charge >= 0.3 is 0 Å². The van der Waals surface area contributed by atoms with Crippen LogP contribution >= 0.6 is 0 Å². The highest BCUT2D eigenvalue weighted by Crippen LogP contribution is 2.07. The number of hydrogen-bond acceptors (Lipinski definition) is 2. The summed E-state index contributed by atoms with van der Waals surface area (Å²) in [4.78, 5) is 3.96. The van der Waals surface area contributed by atoms with Gasteiger partial charge < -0.3 is 5.73 Å². The molecule has 0 fully saturated rings. The Bertz CT molecular complexity index is 289. The maximum atomic E-state index is 5.47. The summed E-state index contributed by atoms with van der Waals surface area (Å²) in [6.07, 6.45) is 5.12. The first-order valence-electron chi connectivity index (χ1n) is 3.26. The number of hydrogen-bond donors (Lipinski definition) is 1. The van der Waals surface area contributed by atoms with Crippen molar-refractivity contribution in [3.8, 4) is 0 Å². The minimum absolute atomic E-state index is 0.529. The van der Waals surface area contributed by atoms with E-state index in [4.69, 9.17) is 5.73 Å². The summed E-state index contributed by atoms with van der Waals surface area (Å²) in [5, 5.41) is 0. The van der Waals surface area contributed by atoms with Crippen LogP contribution in [0.5, 0.6) is 0 Å². The second kappa shape index (κ2) is 3.01. The summed E-state index contributed by atoms with van der Waals surface area (Å²) in [5.74, 6) is 0. The van der Waals surface area contributed by atoms with E-state index >= 15 is 0 Å². The van der Waals surface area contributed by atoms with Crippen LogP contribution in [-0.2, 0) is 0 Å². The average molecular weight is 146 g/mol. The third kappa shape index (κ3) is 1.67. The van der Waals surface area contributed by atoms with Gasteiger partial charge in [-0.25, -0.2) is 0 Å². The predicted octanol–water partition coefficient (Wildman–Crippen LogP) is 1.65. The Labute approximate surface area is 66.1 Å². The molecular formula is C9H10N2. The fraction of sp³-hybridized carbons (Fsp3) is 0. The third-order valence-electron chi connectivity index (χ3n) is 1.37. The predicted molar refractivity (Wildman–Crippen MR) is 47.5 cm³/mol. The average Bonchev–Trinajstić information content (AvgIpc) is 2.05. The lowest BCUT2D eigenvalue weighted by Gasteiger charge is -1.98. The second-order valence-corrected chi connectivity index (χ2v) is 2.24. The SMILES string of the molecule is C=Cc1cncc(C(=C)N)c1. The van der Waals surface area contributed by atoms with Gasteiger partial charge in [-0.3, -0.25) is 4.98 Å². The second-order valence-electron chi connectivity index (χ2n) is 2.24. The van der Waals surface area contributed by atoms with Crippen molar-refractivity contribution in [2.24, 2.45) is 5.73 Å². The van der Waals surface area contributed by atoms with Gasteiger partial charge in [0.1, 0.15) is 0 Å². The maximum Gasteiger partial charge on any atom is 0.0361 e. The van der Waals surface area contributed by atoms with Crippen LogP contribution < -0.4 is 5.73 Å². The van der Waals surface area contributed by atoms with Crippen LogP contribution in [0.2, 0.25) is 0 Å². The van der Waals surface area contributed by atoms with Crippen LogP contribution in [0.3, 0.4) is 0 Å². The summed E-state index contributed by atoms with van der Waals surface area (Å²) < 4.78 is 0. The quantitative estimate of drug-likeness (QED) is 0.689. The highest BCUT2D eigenvalue weighted by atomic mass is 14.6. The lowest BCUT2D eigenvalue weighted by atomic mass is 10.2. The van der Waals surface area contributed by atoms with Crippen molar-refractivity contribution >= 4 is 11.8 Å². The third-order valence-corrected chi connectivity index (χ3v) is 1.37. The summed E-state index contributed by atoms with van der Waals surface area (Å²) in [6.45, 7) is 7.23. The van der Waals surface area contributed by atoms with Gasteiger partial charge in [0.15, 0.2) is 0 Å². The van der Waals surface area contributed by atoms with Crippen LogP contribution in [0.1, 0.15) is 11.1 Å². The van der Waals surface area contributed by atoms with Crippen LogP contribution in [0.15, 0.2) is 31.6 Å².